The monoisotopic (exact) mass is 429 g/mol. The summed E-state index contributed by atoms with van der Waals surface area (Å²) in [5.74, 6) is 0. The van der Waals surface area contributed by atoms with Gasteiger partial charge >= 0.3 is 0 Å². The highest BCUT2D eigenvalue weighted by molar-refractivity contribution is 9.10. The van der Waals surface area contributed by atoms with Crippen molar-refractivity contribution in [3.8, 4) is 10.7 Å². The number of rotatable bonds is 3. The SMILES string of the molecule is O=S(=O)(Cl)c1cc(Br)c2onc(-c3nnc(C(F)F)s3)c2c1. The Hall–Kier alpha value is -1.17. The largest absolute Gasteiger partial charge is 0.354 e. The first kappa shape index (κ1) is 15.7. The van der Waals surface area contributed by atoms with E-state index in [0.29, 0.717) is 15.8 Å². The van der Waals surface area contributed by atoms with Crippen LogP contribution in [0.3, 0.4) is 0 Å². The Morgan fingerprint density at radius 3 is 2.64 bits per heavy atom. The summed E-state index contributed by atoms with van der Waals surface area (Å²) >= 11 is 3.79. The summed E-state index contributed by atoms with van der Waals surface area (Å²) in [5.41, 5.74) is 0.357. The van der Waals surface area contributed by atoms with E-state index < -0.39 is 20.5 Å². The van der Waals surface area contributed by atoms with Crippen LogP contribution in [0.15, 0.2) is 26.0 Å². The standard InChI is InChI=1S/C10H3BrClF2N3O3S2/c11-5-2-3(22(12,18)19)1-4-6(17-20-7(4)5)9-15-16-10(21-9)8(13)14/h1-2,8H. The molecule has 0 bridgehead atoms. The summed E-state index contributed by atoms with van der Waals surface area (Å²) in [5, 5.41) is 10.6. The number of hydrogen-bond donors (Lipinski definition) is 0. The summed E-state index contributed by atoms with van der Waals surface area (Å²) in [6.45, 7) is 0. The second-order valence-corrected chi connectivity index (χ2v) is 8.43. The van der Waals surface area contributed by atoms with Crippen molar-refractivity contribution in [2.45, 2.75) is 11.3 Å². The maximum Gasteiger partial charge on any atom is 0.291 e. The first-order valence-corrected chi connectivity index (χ1v) is 9.35. The lowest BCUT2D eigenvalue weighted by molar-refractivity contribution is 0.150. The van der Waals surface area contributed by atoms with Crippen molar-refractivity contribution in [2.24, 2.45) is 0 Å². The Kier molecular flexibility index (Phi) is 3.91. The van der Waals surface area contributed by atoms with Crippen LogP contribution in [0.2, 0.25) is 0 Å². The van der Waals surface area contributed by atoms with E-state index in [9.17, 15) is 17.2 Å². The molecule has 0 amide bonds. The molecule has 0 spiro atoms. The molecule has 1 aromatic carbocycles. The lowest BCUT2D eigenvalue weighted by atomic mass is 10.2. The molecule has 0 aliphatic rings. The molecule has 0 saturated heterocycles. The minimum atomic E-state index is -3.98. The molecule has 0 N–H and O–H groups in total. The van der Waals surface area contributed by atoms with E-state index in [-0.39, 0.29) is 26.6 Å². The molecule has 6 nitrogen and oxygen atoms in total. The molecule has 22 heavy (non-hydrogen) atoms. The number of hydrogen-bond acceptors (Lipinski definition) is 7. The van der Waals surface area contributed by atoms with Crippen LogP contribution in [0, 0.1) is 0 Å². The zero-order valence-corrected chi connectivity index (χ0v) is 14.1. The molecule has 0 fully saturated rings. The van der Waals surface area contributed by atoms with Gasteiger partial charge < -0.3 is 4.52 Å². The maximum atomic E-state index is 12.6. The molecule has 0 atom stereocenters. The molecule has 0 saturated carbocycles. The third kappa shape index (κ3) is 2.73. The highest BCUT2D eigenvalue weighted by Gasteiger charge is 2.22. The normalized spacial score (nSPS) is 12.4. The first-order chi connectivity index (χ1) is 10.3. The van der Waals surface area contributed by atoms with Gasteiger partial charge in [0.15, 0.2) is 21.3 Å². The molecule has 12 heteroatoms. The molecule has 0 aliphatic carbocycles. The van der Waals surface area contributed by atoms with Gasteiger partial charge in [0, 0.05) is 10.7 Å². The van der Waals surface area contributed by atoms with Gasteiger partial charge in [0.05, 0.1) is 14.8 Å². The summed E-state index contributed by atoms with van der Waals surface area (Å²) in [7, 11) is 1.34. The van der Waals surface area contributed by atoms with Crippen LogP contribution in [0.5, 0.6) is 0 Å². The zero-order valence-electron chi connectivity index (χ0n) is 10.1. The molecule has 116 valence electrons. The van der Waals surface area contributed by atoms with Crippen molar-refractivity contribution in [1.29, 1.82) is 0 Å². The van der Waals surface area contributed by atoms with Gasteiger partial charge in [-0.25, -0.2) is 17.2 Å². The number of alkyl halides is 2. The third-order valence-electron chi connectivity index (χ3n) is 2.61. The van der Waals surface area contributed by atoms with E-state index >= 15 is 0 Å². The quantitative estimate of drug-likeness (QED) is 0.584. The minimum absolute atomic E-state index is 0.0880. The minimum Gasteiger partial charge on any atom is -0.354 e. The highest BCUT2D eigenvalue weighted by Crippen LogP contribution is 2.37. The van der Waals surface area contributed by atoms with Crippen LogP contribution in [0.4, 0.5) is 8.78 Å². The van der Waals surface area contributed by atoms with Crippen LogP contribution in [-0.4, -0.2) is 23.8 Å². The van der Waals surface area contributed by atoms with E-state index in [1.54, 1.807) is 0 Å². The third-order valence-corrected chi connectivity index (χ3v) is 5.47. The van der Waals surface area contributed by atoms with Crippen LogP contribution >= 0.6 is 37.9 Å². The second-order valence-electron chi connectivity index (χ2n) is 4.00. The lowest BCUT2D eigenvalue weighted by Crippen LogP contribution is -1.90. The van der Waals surface area contributed by atoms with E-state index in [0.717, 1.165) is 0 Å². The van der Waals surface area contributed by atoms with Crippen molar-refractivity contribution in [2.75, 3.05) is 0 Å². The van der Waals surface area contributed by atoms with Crippen molar-refractivity contribution < 1.29 is 21.7 Å². The average Bonchev–Trinajstić information content (AvgIpc) is 3.03. The van der Waals surface area contributed by atoms with Gasteiger partial charge in [0.1, 0.15) is 0 Å². The van der Waals surface area contributed by atoms with Gasteiger partial charge in [0.25, 0.3) is 15.5 Å². The summed E-state index contributed by atoms with van der Waals surface area (Å²) in [6, 6.07) is 2.49. The Balaban J connectivity index is 2.24. The van der Waals surface area contributed by atoms with Gasteiger partial charge in [0.2, 0.25) is 0 Å². The number of halogens is 4. The molecule has 0 unspecified atom stereocenters. The van der Waals surface area contributed by atoms with E-state index in [1.165, 1.54) is 12.1 Å². The van der Waals surface area contributed by atoms with Gasteiger partial charge in [-0.3, -0.25) is 0 Å². The van der Waals surface area contributed by atoms with Gasteiger partial charge in [-0.2, -0.15) is 0 Å². The van der Waals surface area contributed by atoms with E-state index in [2.05, 4.69) is 31.3 Å². The van der Waals surface area contributed by atoms with E-state index in [1.807, 2.05) is 0 Å². The number of nitrogens with zero attached hydrogens (tertiary/aromatic N) is 3. The van der Waals surface area contributed by atoms with Crippen LogP contribution in [-0.2, 0) is 9.05 Å². The number of benzene rings is 1. The predicted octanol–water partition coefficient (Wildman–Crippen LogP) is 3.97. The van der Waals surface area contributed by atoms with Crippen LogP contribution in [0.1, 0.15) is 11.4 Å². The molecule has 0 radical (unpaired) electrons. The molecule has 3 rings (SSSR count). The molecule has 2 aromatic heterocycles. The molecule has 2 heterocycles. The maximum absolute atomic E-state index is 12.6. The first-order valence-electron chi connectivity index (χ1n) is 5.43. The van der Waals surface area contributed by atoms with Gasteiger partial charge in [-0.05, 0) is 28.1 Å². The van der Waals surface area contributed by atoms with Crippen LogP contribution < -0.4 is 0 Å². The van der Waals surface area contributed by atoms with Gasteiger partial charge in [-0.15, -0.1) is 10.2 Å². The predicted molar refractivity (Wildman–Crippen MR) is 78.6 cm³/mol. The molecular weight excluding hydrogens is 428 g/mol. The van der Waals surface area contributed by atoms with Gasteiger partial charge in [-0.1, -0.05) is 16.5 Å². The zero-order chi connectivity index (χ0) is 16.1. The lowest BCUT2D eigenvalue weighted by Gasteiger charge is -1.98. The molecule has 0 aliphatic heterocycles. The number of fused-ring (bicyclic) bond motifs is 1. The Labute approximate surface area is 138 Å². The fourth-order valence-electron chi connectivity index (χ4n) is 1.69. The Bertz CT molecular complexity index is 973. The Morgan fingerprint density at radius 2 is 2.05 bits per heavy atom. The van der Waals surface area contributed by atoms with Crippen molar-refractivity contribution in [1.82, 2.24) is 15.4 Å². The summed E-state index contributed by atoms with van der Waals surface area (Å²) in [4.78, 5) is -0.184. The number of aromatic nitrogens is 3. The van der Waals surface area contributed by atoms with Crippen LogP contribution in [0.25, 0.3) is 21.7 Å². The smallest absolute Gasteiger partial charge is 0.291 e. The second kappa shape index (κ2) is 5.48. The summed E-state index contributed by atoms with van der Waals surface area (Å²) in [6.07, 6.45) is -2.75. The fourth-order valence-corrected chi connectivity index (χ4v) is 3.85. The van der Waals surface area contributed by atoms with Crippen molar-refractivity contribution >= 4 is 58.0 Å². The van der Waals surface area contributed by atoms with E-state index in [4.69, 9.17) is 15.2 Å². The molecule has 3 aromatic rings. The highest BCUT2D eigenvalue weighted by atomic mass is 79.9. The van der Waals surface area contributed by atoms with Crippen molar-refractivity contribution in [3.63, 3.8) is 0 Å². The van der Waals surface area contributed by atoms with Crippen molar-refractivity contribution in [3.05, 3.63) is 21.6 Å². The fraction of sp³-hybridized carbons (Fsp3) is 0.100. The molecular formula is C10H3BrClF2N3O3S2. The topological polar surface area (TPSA) is 86.0 Å². The Morgan fingerprint density at radius 1 is 1.32 bits per heavy atom. The average molecular weight is 431 g/mol. The summed E-state index contributed by atoms with van der Waals surface area (Å²) < 4.78 is 53.5.